The summed E-state index contributed by atoms with van der Waals surface area (Å²) in [6, 6.07) is 7.00. The molecule has 116 valence electrons. The van der Waals surface area contributed by atoms with Gasteiger partial charge < -0.3 is 10.1 Å². The topological polar surface area (TPSA) is 34.2 Å². The Bertz CT molecular complexity index is 675. The third kappa shape index (κ3) is 2.48. The predicted molar refractivity (Wildman–Crippen MR) is 89.5 cm³/mol. The molecule has 1 saturated heterocycles. The second kappa shape index (κ2) is 5.60. The molecule has 0 amide bonds. The van der Waals surface area contributed by atoms with Crippen molar-refractivity contribution in [3.05, 3.63) is 50.9 Å². The molecule has 0 aliphatic carbocycles. The number of hydrogen-bond acceptors (Lipinski definition) is 4. The van der Waals surface area contributed by atoms with E-state index in [0.29, 0.717) is 12.1 Å². The van der Waals surface area contributed by atoms with Crippen molar-refractivity contribution in [2.75, 3.05) is 6.61 Å². The molecule has 3 nitrogen and oxygen atoms in total. The fourth-order valence-electron chi connectivity index (χ4n) is 3.87. The number of ether oxygens (including phenoxy) is 1. The van der Waals surface area contributed by atoms with E-state index in [2.05, 4.69) is 35.4 Å². The van der Waals surface area contributed by atoms with Gasteiger partial charge in [-0.05, 0) is 49.1 Å². The highest BCUT2D eigenvalue weighted by Gasteiger charge is 2.45. The van der Waals surface area contributed by atoms with Crippen LogP contribution < -0.4 is 5.32 Å². The van der Waals surface area contributed by atoms with Crippen molar-refractivity contribution in [3.63, 3.8) is 0 Å². The minimum atomic E-state index is -0.190. The third-order valence-electron chi connectivity index (χ3n) is 4.71. The molecular weight excluding hydrogens is 316 g/mol. The highest BCUT2D eigenvalue weighted by molar-refractivity contribution is 7.16. The molecule has 5 heteroatoms. The van der Waals surface area contributed by atoms with Gasteiger partial charge in [-0.25, -0.2) is 0 Å². The maximum absolute atomic E-state index is 6.36. The molecule has 4 heterocycles. The summed E-state index contributed by atoms with van der Waals surface area (Å²) in [5, 5.41) is 3.71. The smallest absolute Gasteiger partial charge is 0.106 e. The summed E-state index contributed by atoms with van der Waals surface area (Å²) in [5.41, 5.74) is 2.47. The van der Waals surface area contributed by atoms with Crippen molar-refractivity contribution in [1.82, 2.24) is 10.3 Å². The van der Waals surface area contributed by atoms with E-state index in [1.165, 1.54) is 16.0 Å². The van der Waals surface area contributed by atoms with Crippen LogP contribution in [0.2, 0.25) is 4.34 Å². The highest BCUT2D eigenvalue weighted by Crippen LogP contribution is 2.49. The van der Waals surface area contributed by atoms with Crippen molar-refractivity contribution < 1.29 is 4.74 Å². The van der Waals surface area contributed by atoms with E-state index in [-0.39, 0.29) is 5.60 Å². The van der Waals surface area contributed by atoms with E-state index in [1.54, 1.807) is 11.3 Å². The average Bonchev–Trinajstić information content (AvgIpc) is 2.90. The fourth-order valence-corrected chi connectivity index (χ4v) is 5.33. The van der Waals surface area contributed by atoms with Crippen LogP contribution in [0.25, 0.3) is 0 Å². The minimum absolute atomic E-state index is 0.190. The number of rotatable bonds is 1. The van der Waals surface area contributed by atoms with Crippen LogP contribution in [0.4, 0.5) is 0 Å². The number of hydrogen-bond donors (Lipinski definition) is 1. The maximum atomic E-state index is 6.36. The molecular formula is C17H19ClN2OS. The normalized spacial score (nSPS) is 31.2. The molecule has 0 aromatic carbocycles. The number of nitrogens with zero attached hydrogens (tertiary/aromatic N) is 1. The summed E-state index contributed by atoms with van der Waals surface area (Å²) in [7, 11) is 0. The van der Waals surface area contributed by atoms with Crippen molar-refractivity contribution in [2.45, 2.75) is 43.9 Å². The van der Waals surface area contributed by atoms with Gasteiger partial charge in [0.05, 0.1) is 10.9 Å². The van der Waals surface area contributed by atoms with Crippen LogP contribution in [-0.2, 0) is 16.8 Å². The van der Waals surface area contributed by atoms with Gasteiger partial charge in [0.1, 0.15) is 5.60 Å². The molecule has 3 atom stereocenters. The third-order valence-corrected chi connectivity index (χ3v) is 6.20. The lowest BCUT2D eigenvalue weighted by molar-refractivity contribution is -0.0954. The molecule has 22 heavy (non-hydrogen) atoms. The largest absolute Gasteiger partial charge is 0.369 e. The first kappa shape index (κ1) is 14.6. The van der Waals surface area contributed by atoms with Gasteiger partial charge in [0, 0.05) is 35.8 Å². The van der Waals surface area contributed by atoms with E-state index in [1.807, 2.05) is 12.4 Å². The van der Waals surface area contributed by atoms with Gasteiger partial charge in [-0.3, -0.25) is 4.98 Å². The Morgan fingerprint density at radius 1 is 1.36 bits per heavy atom. The number of piperidine rings is 1. The lowest BCUT2D eigenvalue weighted by Gasteiger charge is -2.46. The summed E-state index contributed by atoms with van der Waals surface area (Å²) >= 11 is 7.98. The highest BCUT2D eigenvalue weighted by atomic mass is 35.5. The Kier molecular flexibility index (Phi) is 3.73. The van der Waals surface area contributed by atoms with Crippen LogP contribution in [0.3, 0.4) is 0 Å². The molecule has 0 saturated carbocycles. The van der Waals surface area contributed by atoms with Gasteiger partial charge in [0.2, 0.25) is 0 Å². The molecule has 0 unspecified atom stereocenters. The zero-order chi connectivity index (χ0) is 15.2. The molecule has 2 aliphatic rings. The molecule has 1 spiro atoms. The Morgan fingerprint density at radius 2 is 2.18 bits per heavy atom. The first-order valence-corrected chi connectivity index (χ1v) is 8.94. The quantitative estimate of drug-likeness (QED) is 0.853. The number of fused-ring (bicyclic) bond motifs is 2. The number of halogens is 1. The first-order valence-electron chi connectivity index (χ1n) is 7.75. The summed E-state index contributed by atoms with van der Waals surface area (Å²) in [4.78, 5) is 5.47. The van der Waals surface area contributed by atoms with Gasteiger partial charge in [0.15, 0.2) is 0 Å². The van der Waals surface area contributed by atoms with E-state index in [9.17, 15) is 0 Å². The van der Waals surface area contributed by atoms with E-state index >= 15 is 0 Å². The molecule has 4 rings (SSSR count). The second-order valence-electron chi connectivity index (χ2n) is 6.31. The Hall–Kier alpha value is -0.940. The lowest BCUT2D eigenvalue weighted by atomic mass is 9.78. The number of nitrogens with one attached hydrogen (secondary N) is 1. The number of thiophene rings is 1. The van der Waals surface area contributed by atoms with Crippen LogP contribution in [-0.4, -0.2) is 17.6 Å². The second-order valence-corrected chi connectivity index (χ2v) is 7.99. The van der Waals surface area contributed by atoms with Crippen molar-refractivity contribution in [1.29, 1.82) is 0 Å². The first-order chi connectivity index (χ1) is 10.7. The predicted octanol–water partition coefficient (Wildman–Crippen LogP) is 4.08. The van der Waals surface area contributed by atoms with Crippen LogP contribution >= 0.6 is 22.9 Å². The van der Waals surface area contributed by atoms with Gasteiger partial charge in [-0.2, -0.15) is 0 Å². The molecule has 0 bridgehead atoms. The molecule has 1 N–H and O–H groups in total. The van der Waals surface area contributed by atoms with Crippen molar-refractivity contribution in [2.24, 2.45) is 0 Å². The Labute approximate surface area is 139 Å². The SMILES string of the molecule is C[C@H]1C[C@@]2(C[C@@H](c3ccncc3)N1)OCCc1cc(Cl)sc12. The van der Waals surface area contributed by atoms with Gasteiger partial charge in [-0.1, -0.05) is 11.6 Å². The van der Waals surface area contributed by atoms with Gasteiger partial charge in [-0.15, -0.1) is 11.3 Å². The number of pyridine rings is 1. The summed E-state index contributed by atoms with van der Waals surface area (Å²) in [6.45, 7) is 3.03. The summed E-state index contributed by atoms with van der Waals surface area (Å²) in [5.74, 6) is 0. The summed E-state index contributed by atoms with van der Waals surface area (Å²) in [6.07, 6.45) is 6.64. The van der Waals surface area contributed by atoms with E-state index in [0.717, 1.165) is 30.2 Å². The zero-order valence-electron chi connectivity index (χ0n) is 12.5. The van der Waals surface area contributed by atoms with E-state index in [4.69, 9.17) is 16.3 Å². The fraction of sp³-hybridized carbons (Fsp3) is 0.471. The Balaban J connectivity index is 1.73. The van der Waals surface area contributed by atoms with Crippen LogP contribution in [0.1, 0.15) is 41.8 Å². The van der Waals surface area contributed by atoms with Gasteiger partial charge in [0.25, 0.3) is 0 Å². The zero-order valence-corrected chi connectivity index (χ0v) is 14.1. The minimum Gasteiger partial charge on any atom is -0.369 e. The summed E-state index contributed by atoms with van der Waals surface area (Å²) < 4.78 is 7.24. The average molecular weight is 335 g/mol. The molecule has 2 aromatic rings. The van der Waals surface area contributed by atoms with Crippen LogP contribution in [0.15, 0.2) is 30.6 Å². The maximum Gasteiger partial charge on any atom is 0.106 e. The molecule has 0 radical (unpaired) electrons. The standard InChI is InChI=1S/C17H19ClN2OS/c1-11-9-17(10-14(20-11)12-2-5-19-6-3-12)16-13(4-7-21-17)8-15(18)22-16/h2-3,5-6,8,11,14,20H,4,7,9-10H2,1H3/t11-,14-,17-/m0/s1. The molecule has 1 fully saturated rings. The van der Waals surface area contributed by atoms with E-state index < -0.39 is 0 Å². The van der Waals surface area contributed by atoms with Crippen molar-refractivity contribution in [3.8, 4) is 0 Å². The van der Waals surface area contributed by atoms with Gasteiger partial charge >= 0.3 is 0 Å². The monoisotopic (exact) mass is 334 g/mol. The van der Waals surface area contributed by atoms with Crippen LogP contribution in [0, 0.1) is 0 Å². The molecule has 2 aromatic heterocycles. The lowest BCUT2D eigenvalue weighted by Crippen LogP contribution is -2.49. The van der Waals surface area contributed by atoms with Crippen molar-refractivity contribution >= 4 is 22.9 Å². The Morgan fingerprint density at radius 3 is 3.00 bits per heavy atom. The number of aromatic nitrogens is 1. The molecule has 2 aliphatic heterocycles. The van der Waals surface area contributed by atoms with Crippen LogP contribution in [0.5, 0.6) is 0 Å².